The van der Waals surface area contributed by atoms with Crippen LogP contribution in [0.3, 0.4) is 0 Å². The molecule has 0 spiro atoms. The van der Waals surface area contributed by atoms with Gasteiger partial charge in [-0.2, -0.15) is 43.2 Å². The number of aliphatic imine (C=N–C) groups is 2. The minimum absolute atomic E-state index is 0.0592. The molecule has 0 aliphatic carbocycles. The summed E-state index contributed by atoms with van der Waals surface area (Å²) in [7, 11) is -13.7. The zero-order chi connectivity index (χ0) is 25.1. The van der Waals surface area contributed by atoms with Crippen LogP contribution in [-0.4, -0.2) is 63.0 Å². The number of nitrogens with zero attached hydrogens (tertiary/aromatic N) is 2. The number of aliphatic hydroxyl groups excluding tert-OH is 1. The molecule has 0 saturated carbocycles. The maximum Gasteiger partial charge on any atom is 0.524 e. The summed E-state index contributed by atoms with van der Waals surface area (Å²) in [5, 5.41) is 12.4. The van der Waals surface area contributed by atoms with Crippen molar-refractivity contribution in [3.63, 3.8) is 0 Å². The quantitative estimate of drug-likeness (QED) is 0.246. The van der Waals surface area contributed by atoms with Crippen molar-refractivity contribution in [3.05, 3.63) is 0 Å². The summed E-state index contributed by atoms with van der Waals surface area (Å²) < 4.78 is 116. The molecule has 0 rings (SSSR count). The zero-order valence-electron chi connectivity index (χ0n) is 15.8. The smallest absolute Gasteiger partial charge is 0.394 e. The van der Waals surface area contributed by atoms with Gasteiger partial charge in [-0.25, -0.2) is 9.98 Å². The molecular formula is C11H18F6N2O6S4. The van der Waals surface area contributed by atoms with E-state index in [9.17, 15) is 43.2 Å². The first kappa shape index (κ1) is 32.7. The second-order valence-corrected chi connectivity index (χ2v) is 7.19. The molecule has 0 fully saturated rings. The fourth-order valence-electron chi connectivity index (χ4n) is 0.448. The minimum atomic E-state index is -6.85. The monoisotopic (exact) mass is 517 g/mol. The van der Waals surface area contributed by atoms with Crippen LogP contribution in [0.5, 0.6) is 0 Å². The van der Waals surface area contributed by atoms with E-state index < -0.39 is 31.3 Å². The van der Waals surface area contributed by atoms with E-state index in [1.807, 2.05) is 3.63 Å². The lowest BCUT2D eigenvalue weighted by molar-refractivity contribution is -0.0585. The molecule has 0 aromatic rings. The number of aliphatic hydroxyl groups is 1. The summed E-state index contributed by atoms with van der Waals surface area (Å²) in [5.41, 5.74) is -12.5. The Balaban J connectivity index is -0.000000185. The lowest BCUT2D eigenvalue weighted by Crippen LogP contribution is -2.34. The van der Waals surface area contributed by atoms with Gasteiger partial charge in [-0.3, -0.25) is 0 Å². The number of rotatable bonds is 6. The highest BCUT2D eigenvalue weighted by molar-refractivity contribution is 8.00. The predicted octanol–water partition coefficient (Wildman–Crippen LogP) is 3.31. The Labute approximate surface area is 176 Å². The van der Waals surface area contributed by atoms with Gasteiger partial charge in [0.25, 0.3) is 0 Å². The van der Waals surface area contributed by atoms with Crippen molar-refractivity contribution >= 4 is 55.0 Å². The Morgan fingerprint density at radius 3 is 1.41 bits per heavy atom. The van der Waals surface area contributed by atoms with E-state index in [1.165, 1.54) is 0 Å². The van der Waals surface area contributed by atoms with Crippen molar-refractivity contribution in [2.45, 2.75) is 38.2 Å². The first-order chi connectivity index (χ1) is 13.4. The summed E-state index contributed by atoms with van der Waals surface area (Å²) in [4.78, 5) is 7.06. The molecular weight excluding hydrogens is 498 g/mol. The Hall–Kier alpha value is -1.00. The van der Waals surface area contributed by atoms with E-state index in [0.29, 0.717) is 13.4 Å². The van der Waals surface area contributed by atoms with Crippen molar-refractivity contribution in [2.24, 2.45) is 9.98 Å². The standard InChI is InChI=1S/C4H7NS.C3H5NOS.C2F6O5S2.C2H6/c1-2-3-5-4-6;5-2-1-4-3-6;3-1(4,5)14(9,10)13-15(11,12)2(6,7)8;1-2/h2-3H2,1H3;5H,1-2H2;;1-2H3/i;;;1D. The minimum Gasteiger partial charge on any atom is -0.394 e. The van der Waals surface area contributed by atoms with Crippen molar-refractivity contribution in [2.75, 3.05) is 19.7 Å². The van der Waals surface area contributed by atoms with Gasteiger partial charge < -0.3 is 5.11 Å². The van der Waals surface area contributed by atoms with Crippen molar-refractivity contribution in [1.29, 1.82) is 0 Å². The van der Waals surface area contributed by atoms with Gasteiger partial charge in [0.1, 0.15) is 0 Å². The Kier molecular flexibility index (Phi) is 20.1. The van der Waals surface area contributed by atoms with E-state index in [1.54, 1.807) is 6.92 Å². The maximum absolute atomic E-state index is 11.4. The van der Waals surface area contributed by atoms with Gasteiger partial charge in [0, 0.05) is 7.92 Å². The molecule has 0 heterocycles. The van der Waals surface area contributed by atoms with Crippen molar-refractivity contribution in [1.82, 2.24) is 0 Å². The fraction of sp³-hybridized carbons (Fsp3) is 0.818. The van der Waals surface area contributed by atoms with Crippen LogP contribution in [-0.2, 0) is 23.9 Å². The first-order valence-electron chi connectivity index (χ1n) is 7.47. The van der Waals surface area contributed by atoms with Crippen LogP contribution < -0.4 is 0 Å². The molecule has 0 aliphatic heterocycles. The third-order valence-electron chi connectivity index (χ3n) is 1.42. The van der Waals surface area contributed by atoms with Gasteiger partial charge in [0.15, 0.2) is 0 Å². The number of hydrogen-bond acceptors (Lipinski definition) is 10. The highest BCUT2D eigenvalue weighted by atomic mass is 32.3. The zero-order valence-corrected chi connectivity index (χ0v) is 18.1. The van der Waals surface area contributed by atoms with Crippen LogP contribution in [0.15, 0.2) is 9.98 Å². The highest BCUT2D eigenvalue weighted by Crippen LogP contribution is 2.32. The van der Waals surface area contributed by atoms with Crippen LogP contribution in [0.25, 0.3) is 0 Å². The average molecular weight is 518 g/mol. The Morgan fingerprint density at radius 1 is 0.966 bits per heavy atom. The first-order valence-corrected chi connectivity index (χ1v) is 10.4. The van der Waals surface area contributed by atoms with Crippen LogP contribution in [0.2, 0.25) is 0 Å². The highest BCUT2D eigenvalue weighted by Gasteiger charge is 2.57. The topological polar surface area (TPSA) is 122 Å². The van der Waals surface area contributed by atoms with E-state index in [-0.39, 0.29) is 6.61 Å². The molecule has 0 amide bonds. The normalized spacial score (nSPS) is 11.4. The second kappa shape index (κ2) is 17.8. The van der Waals surface area contributed by atoms with E-state index in [4.69, 9.17) is 6.48 Å². The van der Waals surface area contributed by atoms with Crippen LogP contribution in [0.4, 0.5) is 26.3 Å². The number of halogens is 6. The van der Waals surface area contributed by atoms with E-state index >= 15 is 0 Å². The maximum atomic E-state index is 11.4. The average Bonchev–Trinajstić information content (AvgIpc) is 2.57. The predicted molar refractivity (Wildman–Crippen MR) is 99.5 cm³/mol. The number of hydrogen-bond donors (Lipinski definition) is 1. The molecule has 0 saturated heterocycles. The molecule has 0 aromatic carbocycles. The number of isothiocyanates is 2. The van der Waals surface area contributed by atoms with Crippen LogP contribution in [0, 0.1) is 0 Å². The Bertz CT molecular complexity index is 683. The molecule has 0 aromatic heterocycles. The summed E-state index contributed by atoms with van der Waals surface area (Å²) in [6.07, 6.45) is 1.06. The van der Waals surface area contributed by atoms with Gasteiger partial charge >= 0.3 is 31.3 Å². The molecule has 29 heavy (non-hydrogen) atoms. The largest absolute Gasteiger partial charge is 0.524 e. The van der Waals surface area contributed by atoms with Gasteiger partial charge in [-0.05, 0) is 30.9 Å². The van der Waals surface area contributed by atoms with Crippen LogP contribution in [0.1, 0.15) is 28.5 Å². The molecule has 0 unspecified atom stereocenters. The molecule has 0 aliphatic rings. The van der Waals surface area contributed by atoms with E-state index in [2.05, 4.69) is 51.7 Å². The third kappa shape index (κ3) is 20.1. The number of alkyl halides is 6. The SMILES string of the molecule is CCCN=C=S.O=S(=O)(OS(=O)(=O)C(F)(F)F)C(F)(F)F.OCCN=C=S.[2H]CC. The summed E-state index contributed by atoms with van der Waals surface area (Å²) in [5.74, 6) is 0. The molecule has 174 valence electrons. The van der Waals surface area contributed by atoms with Crippen molar-refractivity contribution < 1.29 is 53.3 Å². The van der Waals surface area contributed by atoms with Gasteiger partial charge in [-0.1, -0.05) is 20.7 Å². The summed E-state index contributed by atoms with van der Waals surface area (Å²) in [6.45, 7) is 5.60. The molecule has 0 atom stereocenters. The second-order valence-electron chi connectivity index (χ2n) is 3.54. The van der Waals surface area contributed by atoms with Gasteiger partial charge in [0.2, 0.25) is 0 Å². The van der Waals surface area contributed by atoms with Gasteiger partial charge in [-0.15, -0.1) is 3.63 Å². The van der Waals surface area contributed by atoms with Crippen LogP contribution >= 0.6 is 24.4 Å². The van der Waals surface area contributed by atoms with Crippen molar-refractivity contribution in [3.8, 4) is 0 Å². The fourth-order valence-corrected chi connectivity index (χ4v) is 2.19. The molecule has 8 nitrogen and oxygen atoms in total. The summed E-state index contributed by atoms with van der Waals surface area (Å²) in [6, 6.07) is 0. The Morgan fingerprint density at radius 2 is 1.28 bits per heavy atom. The third-order valence-corrected chi connectivity index (χ3v) is 4.25. The molecule has 0 bridgehead atoms. The lowest BCUT2D eigenvalue weighted by Gasteiger charge is -2.09. The number of thiocarbonyl (C=S) groups is 2. The molecule has 1 N–H and O–H groups in total. The summed E-state index contributed by atoms with van der Waals surface area (Å²) >= 11 is 8.49. The lowest BCUT2D eigenvalue weighted by atomic mass is 10.5. The molecule has 0 radical (unpaired) electrons. The van der Waals surface area contributed by atoms with E-state index in [0.717, 1.165) is 13.0 Å². The molecule has 18 heteroatoms. The van der Waals surface area contributed by atoms with Gasteiger partial charge in [0.05, 0.1) is 23.5 Å².